The predicted octanol–water partition coefficient (Wildman–Crippen LogP) is 7.17. The molecule has 0 aliphatic carbocycles. The van der Waals surface area contributed by atoms with Gasteiger partial charge in [0.1, 0.15) is 0 Å². The topological polar surface area (TPSA) is 12.0 Å². The van der Waals surface area contributed by atoms with Gasteiger partial charge in [-0.15, -0.1) is 0 Å². The van der Waals surface area contributed by atoms with Crippen LogP contribution in [-0.2, 0) is 0 Å². The van der Waals surface area contributed by atoms with Crippen molar-refractivity contribution < 1.29 is 74.6 Å². The van der Waals surface area contributed by atoms with E-state index in [4.69, 9.17) is 0 Å². The molecular weight excluding hydrogens is 517 g/mol. The minimum absolute atomic E-state index is 0.0197. The lowest BCUT2D eigenvalue weighted by Gasteiger charge is -2.42. The molecule has 200 valence electrons. The molecule has 33 heavy (non-hydrogen) atoms. The highest BCUT2D eigenvalue weighted by Gasteiger charge is 2.95. The first-order valence-corrected chi connectivity index (χ1v) is 8.67. The lowest BCUT2D eigenvalue weighted by Crippen LogP contribution is -2.74. The van der Waals surface area contributed by atoms with Gasteiger partial charge in [-0.05, 0) is 26.4 Å². The Morgan fingerprint density at radius 3 is 1.12 bits per heavy atom. The van der Waals surface area contributed by atoms with Gasteiger partial charge in [-0.3, -0.25) is 0 Å². The third kappa shape index (κ3) is 5.09. The van der Waals surface area contributed by atoms with Crippen molar-refractivity contribution in [1.82, 2.24) is 5.32 Å². The normalized spacial score (nSPS) is 15.8. The first-order chi connectivity index (χ1) is 14.3. The summed E-state index contributed by atoms with van der Waals surface area (Å²) >= 11 is 0. The molecule has 1 N–H and O–H groups in total. The molecule has 0 rings (SSSR count). The molecule has 0 bridgehead atoms. The summed E-state index contributed by atoms with van der Waals surface area (Å²) in [6.07, 6.45) is -11.3. The molecule has 0 aromatic carbocycles. The number of unbranched alkanes of at least 4 members (excludes halogenated alkanes) is 3. The van der Waals surface area contributed by atoms with E-state index in [-0.39, 0.29) is 19.3 Å². The third-order valence-corrected chi connectivity index (χ3v) is 4.45. The van der Waals surface area contributed by atoms with E-state index >= 15 is 0 Å². The molecule has 0 aliphatic heterocycles. The van der Waals surface area contributed by atoms with Crippen molar-refractivity contribution in [3.05, 3.63) is 0 Å². The number of hydrogen-bond donors (Lipinski definition) is 1. The maximum atomic E-state index is 13.6. The largest absolute Gasteiger partial charge is 0.460 e. The lowest BCUT2D eigenvalue weighted by molar-refractivity contribution is -0.461. The third-order valence-electron chi connectivity index (χ3n) is 4.45. The van der Waals surface area contributed by atoms with E-state index in [1.807, 2.05) is 0 Å². The van der Waals surface area contributed by atoms with Crippen molar-refractivity contribution in [1.29, 1.82) is 0 Å². The zero-order valence-electron chi connectivity index (χ0n) is 16.2. The van der Waals surface area contributed by atoms with Crippen molar-refractivity contribution in [3.8, 4) is 0 Å². The average molecular weight is 533 g/mol. The molecule has 0 aromatic heterocycles. The van der Waals surface area contributed by atoms with Gasteiger partial charge in [-0.1, -0.05) is 12.8 Å². The minimum atomic E-state index is -8.57. The fourth-order valence-electron chi connectivity index (χ4n) is 2.36. The van der Waals surface area contributed by atoms with E-state index in [0.717, 1.165) is 0 Å². The van der Waals surface area contributed by atoms with Crippen LogP contribution in [0.15, 0.2) is 0 Å². The molecule has 0 unspecified atom stereocenters. The Hall–Kier alpha value is -1.23. The van der Waals surface area contributed by atoms with Gasteiger partial charge in [-0.25, -0.2) is 0 Å². The second-order valence-electron chi connectivity index (χ2n) is 6.92. The first-order valence-electron chi connectivity index (χ1n) is 8.67. The van der Waals surface area contributed by atoms with Crippen molar-refractivity contribution >= 4 is 0 Å². The number of hydrogen-bond acceptors (Lipinski definition) is 1. The van der Waals surface area contributed by atoms with Gasteiger partial charge in [0.25, 0.3) is 0 Å². The van der Waals surface area contributed by atoms with Crippen LogP contribution in [0.5, 0.6) is 0 Å². The van der Waals surface area contributed by atoms with Crippen LogP contribution in [0.4, 0.5) is 74.6 Å². The zero-order chi connectivity index (χ0) is 26.9. The summed E-state index contributed by atoms with van der Waals surface area (Å²) in [6, 6.07) is 0. The Morgan fingerprint density at radius 2 is 0.758 bits per heavy atom. The molecule has 18 heteroatoms. The summed E-state index contributed by atoms with van der Waals surface area (Å²) in [5.74, 6) is -55.7. The molecule has 0 atom stereocenters. The first kappa shape index (κ1) is 31.8. The summed E-state index contributed by atoms with van der Waals surface area (Å²) in [6.45, 7) is 0.294. The van der Waals surface area contributed by atoms with Gasteiger partial charge in [0.2, 0.25) is 0 Å². The molecule has 0 aliphatic rings. The SMILES string of the molecule is CNCCCCCCC(F)(F)C(F)(F)C(F)(F)C(F)(F)C(F)(F)C(F)(F)C(F)(F)C(F)(F)F. The van der Waals surface area contributed by atoms with E-state index in [1.165, 1.54) is 7.05 Å². The maximum absolute atomic E-state index is 13.6. The summed E-state index contributed by atoms with van der Waals surface area (Å²) in [7, 11) is 1.46. The highest BCUT2D eigenvalue weighted by molar-refractivity contribution is 5.15. The highest BCUT2D eigenvalue weighted by Crippen LogP contribution is 2.64. The molecule has 0 fully saturated rings. The Bertz CT molecular complexity index is 637. The molecule has 0 amide bonds. The van der Waals surface area contributed by atoms with Crippen molar-refractivity contribution in [2.24, 2.45) is 0 Å². The van der Waals surface area contributed by atoms with Crippen LogP contribution >= 0.6 is 0 Å². The zero-order valence-corrected chi connectivity index (χ0v) is 16.2. The minimum Gasteiger partial charge on any atom is -0.320 e. The number of rotatable bonds is 13. The van der Waals surface area contributed by atoms with Crippen molar-refractivity contribution in [3.63, 3.8) is 0 Å². The van der Waals surface area contributed by atoms with E-state index in [0.29, 0.717) is 6.54 Å². The Balaban J connectivity index is 6.11. The van der Waals surface area contributed by atoms with E-state index in [2.05, 4.69) is 5.32 Å². The molecular formula is C15H16F17N. The second kappa shape index (κ2) is 9.43. The maximum Gasteiger partial charge on any atom is 0.460 e. The monoisotopic (exact) mass is 533 g/mol. The molecule has 0 aromatic rings. The molecule has 0 spiro atoms. The summed E-state index contributed by atoms with van der Waals surface area (Å²) < 4.78 is 222. The molecule has 0 heterocycles. The lowest BCUT2D eigenvalue weighted by atomic mass is 9.88. The van der Waals surface area contributed by atoms with Crippen LogP contribution in [0, 0.1) is 0 Å². The molecule has 0 radical (unpaired) electrons. The van der Waals surface area contributed by atoms with Gasteiger partial charge in [0.05, 0.1) is 0 Å². The number of halogens is 17. The highest BCUT2D eigenvalue weighted by atomic mass is 19.4. The summed E-state index contributed by atoms with van der Waals surface area (Å²) in [5.41, 5.74) is 0. The fourth-order valence-corrected chi connectivity index (χ4v) is 2.36. The second-order valence-corrected chi connectivity index (χ2v) is 6.92. The predicted molar refractivity (Wildman–Crippen MR) is 77.7 cm³/mol. The van der Waals surface area contributed by atoms with Gasteiger partial charge in [0.15, 0.2) is 0 Å². The van der Waals surface area contributed by atoms with Crippen LogP contribution in [0.2, 0.25) is 0 Å². The van der Waals surface area contributed by atoms with Gasteiger partial charge in [-0.2, -0.15) is 74.6 Å². The fraction of sp³-hybridized carbons (Fsp3) is 1.00. The van der Waals surface area contributed by atoms with Gasteiger partial charge < -0.3 is 5.32 Å². The van der Waals surface area contributed by atoms with Crippen LogP contribution in [-0.4, -0.2) is 61.2 Å². The molecule has 1 nitrogen and oxygen atoms in total. The smallest absolute Gasteiger partial charge is 0.320 e. The summed E-state index contributed by atoms with van der Waals surface area (Å²) in [4.78, 5) is 0. The van der Waals surface area contributed by atoms with Crippen LogP contribution in [0.25, 0.3) is 0 Å². The van der Waals surface area contributed by atoms with Crippen molar-refractivity contribution in [2.75, 3.05) is 13.6 Å². The van der Waals surface area contributed by atoms with Crippen LogP contribution in [0.3, 0.4) is 0 Å². The number of nitrogens with one attached hydrogen (secondary N) is 1. The Kier molecular flexibility index (Phi) is 9.08. The Morgan fingerprint density at radius 1 is 0.424 bits per heavy atom. The summed E-state index contributed by atoms with van der Waals surface area (Å²) in [5, 5.41) is 2.57. The molecule has 0 saturated heterocycles. The Labute approximate surface area is 174 Å². The van der Waals surface area contributed by atoms with E-state index in [1.54, 1.807) is 0 Å². The van der Waals surface area contributed by atoms with E-state index in [9.17, 15) is 74.6 Å². The molecule has 0 saturated carbocycles. The van der Waals surface area contributed by atoms with E-state index < -0.39 is 60.5 Å². The van der Waals surface area contributed by atoms with Crippen LogP contribution in [0.1, 0.15) is 32.1 Å². The average Bonchev–Trinajstić information content (AvgIpc) is 2.62. The van der Waals surface area contributed by atoms with Crippen molar-refractivity contribution in [2.45, 2.75) is 79.7 Å². The van der Waals surface area contributed by atoms with Gasteiger partial charge >= 0.3 is 47.6 Å². The standard InChI is InChI=1S/C15H16F17N/c1-33-7-5-3-2-4-6-8(16,17)9(18,19)10(20,21)11(22,23)12(24,25)13(26,27)14(28,29)15(30,31)32/h33H,2-7H2,1H3. The quantitative estimate of drug-likeness (QED) is 0.196. The van der Waals surface area contributed by atoms with Crippen LogP contribution < -0.4 is 5.32 Å². The number of alkyl halides is 17. The van der Waals surface area contributed by atoms with Gasteiger partial charge in [0, 0.05) is 6.42 Å².